The van der Waals surface area contributed by atoms with Gasteiger partial charge in [-0.15, -0.1) is 0 Å². The molecule has 8 heteroatoms. The number of nitrogens with zero attached hydrogens (tertiary/aromatic N) is 2. The van der Waals surface area contributed by atoms with Gasteiger partial charge in [-0.2, -0.15) is 12.7 Å². The molecule has 26 heavy (non-hydrogen) atoms. The van der Waals surface area contributed by atoms with Crippen LogP contribution in [0.2, 0.25) is 0 Å². The highest BCUT2D eigenvalue weighted by Crippen LogP contribution is 2.19. The molecule has 0 saturated heterocycles. The number of amides is 1. The maximum absolute atomic E-state index is 12.3. The van der Waals surface area contributed by atoms with E-state index in [2.05, 4.69) is 5.32 Å². The number of benzene rings is 2. The number of rotatable bonds is 6. The van der Waals surface area contributed by atoms with E-state index >= 15 is 0 Å². The molecule has 138 valence electrons. The van der Waals surface area contributed by atoms with Crippen LogP contribution in [0.1, 0.15) is 27.6 Å². The summed E-state index contributed by atoms with van der Waals surface area (Å²) in [4.78, 5) is 23.8. The molecule has 0 aliphatic rings. The lowest BCUT2D eigenvalue weighted by Crippen LogP contribution is -2.37. The van der Waals surface area contributed by atoms with Gasteiger partial charge in [0.25, 0.3) is 5.91 Å². The van der Waals surface area contributed by atoms with E-state index in [-0.39, 0.29) is 11.7 Å². The van der Waals surface area contributed by atoms with Gasteiger partial charge < -0.3 is 5.32 Å². The van der Waals surface area contributed by atoms with Crippen molar-refractivity contribution in [1.29, 1.82) is 0 Å². The number of carbonyl (C=O) groups excluding carboxylic acids is 2. The number of Topliss-reactive ketones (excluding diaryl/α,β-unsaturated/α-hetero) is 1. The van der Waals surface area contributed by atoms with E-state index in [0.717, 1.165) is 8.61 Å². The summed E-state index contributed by atoms with van der Waals surface area (Å²) < 4.78 is 26.5. The van der Waals surface area contributed by atoms with E-state index in [1.54, 1.807) is 48.5 Å². The lowest BCUT2D eigenvalue weighted by molar-refractivity contribution is 0.101. The van der Waals surface area contributed by atoms with Crippen molar-refractivity contribution in [3.63, 3.8) is 0 Å². The highest BCUT2D eigenvalue weighted by molar-refractivity contribution is 7.90. The van der Waals surface area contributed by atoms with Crippen LogP contribution in [-0.4, -0.2) is 45.6 Å². The number of nitrogens with one attached hydrogen (secondary N) is 1. The van der Waals surface area contributed by atoms with Crippen molar-refractivity contribution in [2.75, 3.05) is 30.8 Å². The van der Waals surface area contributed by atoms with Gasteiger partial charge in [-0.25, -0.2) is 0 Å². The summed E-state index contributed by atoms with van der Waals surface area (Å²) in [6.45, 7) is 1.46. The molecule has 0 fully saturated rings. The summed E-state index contributed by atoms with van der Waals surface area (Å²) in [5.41, 5.74) is 1.83. The molecule has 2 rings (SSSR count). The molecule has 2 aromatic rings. The van der Waals surface area contributed by atoms with Gasteiger partial charge in [0.15, 0.2) is 5.78 Å². The zero-order valence-corrected chi connectivity index (χ0v) is 15.9. The third-order valence-electron chi connectivity index (χ3n) is 3.83. The highest BCUT2D eigenvalue weighted by Gasteiger charge is 2.21. The Labute approximate surface area is 153 Å². The summed E-state index contributed by atoms with van der Waals surface area (Å²) in [7, 11) is 0.746. The molecular weight excluding hydrogens is 354 g/mol. The van der Waals surface area contributed by atoms with Crippen LogP contribution in [0.5, 0.6) is 0 Å². The number of anilines is 2. The molecule has 0 spiro atoms. The van der Waals surface area contributed by atoms with E-state index in [0.29, 0.717) is 22.5 Å². The quantitative estimate of drug-likeness (QED) is 0.786. The van der Waals surface area contributed by atoms with Crippen molar-refractivity contribution in [1.82, 2.24) is 4.31 Å². The second kappa shape index (κ2) is 7.67. The van der Waals surface area contributed by atoms with Gasteiger partial charge in [0.2, 0.25) is 0 Å². The monoisotopic (exact) mass is 375 g/mol. The van der Waals surface area contributed by atoms with E-state index in [4.69, 9.17) is 0 Å². The Morgan fingerprint density at radius 3 is 2.08 bits per heavy atom. The maximum atomic E-state index is 12.3. The minimum atomic E-state index is -3.59. The van der Waals surface area contributed by atoms with Crippen LogP contribution in [0.25, 0.3) is 0 Å². The number of carbonyl (C=O) groups is 2. The number of hydrogen-bond acceptors (Lipinski definition) is 4. The first-order valence-corrected chi connectivity index (χ1v) is 9.21. The third-order valence-corrected chi connectivity index (χ3v) is 5.65. The van der Waals surface area contributed by atoms with Crippen molar-refractivity contribution in [2.24, 2.45) is 0 Å². The first-order valence-electron chi connectivity index (χ1n) is 7.81. The van der Waals surface area contributed by atoms with Crippen LogP contribution in [-0.2, 0) is 10.2 Å². The first-order chi connectivity index (χ1) is 12.1. The van der Waals surface area contributed by atoms with Crippen molar-refractivity contribution in [3.05, 3.63) is 59.7 Å². The first kappa shape index (κ1) is 19.6. The molecule has 0 heterocycles. The summed E-state index contributed by atoms with van der Waals surface area (Å²) in [6, 6.07) is 12.9. The Morgan fingerprint density at radius 1 is 0.923 bits per heavy atom. The number of ketones is 1. The van der Waals surface area contributed by atoms with Crippen LogP contribution in [0.3, 0.4) is 0 Å². The van der Waals surface area contributed by atoms with E-state index in [9.17, 15) is 18.0 Å². The molecule has 1 N–H and O–H groups in total. The average Bonchev–Trinajstić information content (AvgIpc) is 2.61. The van der Waals surface area contributed by atoms with Gasteiger partial charge >= 0.3 is 10.2 Å². The fourth-order valence-electron chi connectivity index (χ4n) is 2.22. The van der Waals surface area contributed by atoms with Gasteiger partial charge in [0, 0.05) is 38.0 Å². The minimum absolute atomic E-state index is 0.0874. The fourth-order valence-corrected chi connectivity index (χ4v) is 3.10. The van der Waals surface area contributed by atoms with Crippen molar-refractivity contribution in [3.8, 4) is 0 Å². The van der Waals surface area contributed by atoms with Crippen LogP contribution in [0, 0.1) is 0 Å². The summed E-state index contributed by atoms with van der Waals surface area (Å²) in [6.07, 6.45) is 0. The lowest BCUT2D eigenvalue weighted by atomic mass is 10.1. The largest absolute Gasteiger partial charge is 0.322 e. The summed E-state index contributed by atoms with van der Waals surface area (Å²) >= 11 is 0. The lowest BCUT2D eigenvalue weighted by Gasteiger charge is -2.23. The SMILES string of the molecule is CC(=O)c1cccc(NC(=O)c2ccc(N(C)S(=O)(=O)N(C)C)cc2)c1. The fraction of sp³-hybridized carbons (Fsp3) is 0.222. The molecule has 0 bridgehead atoms. The number of hydrogen-bond donors (Lipinski definition) is 1. The topological polar surface area (TPSA) is 86.8 Å². The normalized spacial score (nSPS) is 11.3. The predicted octanol–water partition coefficient (Wildman–Crippen LogP) is 2.38. The van der Waals surface area contributed by atoms with Crippen molar-refractivity contribution >= 4 is 33.3 Å². The molecule has 1 amide bonds. The van der Waals surface area contributed by atoms with Gasteiger partial charge in [0.05, 0.1) is 5.69 Å². The Kier molecular flexibility index (Phi) is 5.79. The molecule has 0 radical (unpaired) electrons. The Morgan fingerprint density at radius 2 is 1.54 bits per heavy atom. The predicted molar refractivity (Wildman–Crippen MR) is 102 cm³/mol. The van der Waals surface area contributed by atoms with Crippen molar-refractivity contribution in [2.45, 2.75) is 6.92 Å². The maximum Gasteiger partial charge on any atom is 0.303 e. The highest BCUT2D eigenvalue weighted by atomic mass is 32.2. The van der Waals surface area contributed by atoms with Crippen LogP contribution in [0.4, 0.5) is 11.4 Å². The van der Waals surface area contributed by atoms with E-state index in [1.807, 2.05) is 0 Å². The Balaban J connectivity index is 2.17. The molecule has 7 nitrogen and oxygen atoms in total. The zero-order chi connectivity index (χ0) is 19.5. The molecule has 0 aliphatic heterocycles. The van der Waals surface area contributed by atoms with Crippen LogP contribution in [0.15, 0.2) is 48.5 Å². The van der Waals surface area contributed by atoms with Crippen LogP contribution < -0.4 is 9.62 Å². The van der Waals surface area contributed by atoms with Crippen LogP contribution >= 0.6 is 0 Å². The molecule has 0 aliphatic carbocycles. The van der Waals surface area contributed by atoms with Gasteiger partial charge in [0.1, 0.15) is 0 Å². The molecule has 0 atom stereocenters. The summed E-state index contributed by atoms with van der Waals surface area (Å²) in [5, 5.41) is 2.72. The van der Waals surface area contributed by atoms with E-state index in [1.165, 1.54) is 28.1 Å². The zero-order valence-electron chi connectivity index (χ0n) is 15.1. The second-order valence-electron chi connectivity index (χ2n) is 5.90. The Hall–Kier alpha value is -2.71. The molecule has 0 aromatic heterocycles. The van der Waals surface area contributed by atoms with Gasteiger partial charge in [-0.3, -0.25) is 13.9 Å². The second-order valence-corrected chi connectivity index (χ2v) is 8.07. The smallest absolute Gasteiger partial charge is 0.303 e. The van der Waals surface area contributed by atoms with Gasteiger partial charge in [-0.1, -0.05) is 12.1 Å². The van der Waals surface area contributed by atoms with Gasteiger partial charge in [-0.05, 0) is 43.3 Å². The van der Waals surface area contributed by atoms with Crippen molar-refractivity contribution < 1.29 is 18.0 Å². The third kappa shape index (κ3) is 4.27. The summed E-state index contributed by atoms with van der Waals surface area (Å²) in [5.74, 6) is -0.439. The Bertz CT molecular complexity index is 922. The average molecular weight is 375 g/mol. The molecule has 0 saturated carbocycles. The minimum Gasteiger partial charge on any atom is -0.322 e. The molecular formula is C18H21N3O4S. The molecule has 2 aromatic carbocycles. The standard InChI is InChI=1S/C18H21N3O4S/c1-13(22)15-6-5-7-16(12-15)19-18(23)14-8-10-17(11-9-14)21(4)26(24,25)20(2)3/h5-12H,1-4H3,(H,19,23). The molecule has 0 unspecified atom stereocenters. The van der Waals surface area contributed by atoms with E-state index < -0.39 is 10.2 Å².